The van der Waals surface area contributed by atoms with Gasteiger partial charge >= 0.3 is 0 Å². The van der Waals surface area contributed by atoms with Gasteiger partial charge in [0.2, 0.25) is 10.0 Å². The monoisotopic (exact) mass is 343 g/mol. The molecular formula is C16H29N3O3S. The molecule has 132 valence electrons. The maximum atomic E-state index is 12.5. The van der Waals surface area contributed by atoms with Gasteiger partial charge in [-0.3, -0.25) is 4.79 Å². The van der Waals surface area contributed by atoms with E-state index >= 15 is 0 Å². The Balaban J connectivity index is 2.84. The maximum Gasteiger partial charge on any atom is 0.267 e. The highest BCUT2D eigenvalue weighted by Crippen LogP contribution is 2.18. The summed E-state index contributed by atoms with van der Waals surface area (Å²) < 4.78 is 27.9. The Bertz CT molecular complexity index is 617. The standard InChI is InChI=1S/C16H29N3O3S/c1-6-19(7-2)23(21,22)14-11-15(18(5)12-14)16(20)17-10-8-9-13(3)4/h11-13H,6-10H2,1-5H3,(H,17,20). The molecule has 1 aromatic heterocycles. The number of nitrogens with one attached hydrogen (secondary N) is 1. The summed E-state index contributed by atoms with van der Waals surface area (Å²) in [4.78, 5) is 12.4. The smallest absolute Gasteiger partial charge is 0.267 e. The summed E-state index contributed by atoms with van der Waals surface area (Å²) in [5.74, 6) is 0.366. The second-order valence-electron chi connectivity index (χ2n) is 6.05. The van der Waals surface area contributed by atoms with Crippen LogP contribution in [0.2, 0.25) is 0 Å². The van der Waals surface area contributed by atoms with Crippen LogP contribution in [0.3, 0.4) is 0 Å². The van der Waals surface area contributed by atoms with Crippen LogP contribution in [0.4, 0.5) is 0 Å². The van der Waals surface area contributed by atoms with Crippen LogP contribution in [-0.2, 0) is 17.1 Å². The molecule has 6 nitrogen and oxygen atoms in total. The zero-order chi connectivity index (χ0) is 17.6. The van der Waals surface area contributed by atoms with E-state index in [1.165, 1.54) is 16.6 Å². The van der Waals surface area contributed by atoms with Gasteiger partial charge in [0, 0.05) is 32.9 Å². The summed E-state index contributed by atoms with van der Waals surface area (Å²) in [7, 11) is -1.86. The van der Waals surface area contributed by atoms with Crippen molar-refractivity contribution in [2.75, 3.05) is 19.6 Å². The fraction of sp³-hybridized carbons (Fsp3) is 0.688. The van der Waals surface area contributed by atoms with E-state index in [2.05, 4.69) is 19.2 Å². The third-order valence-electron chi connectivity index (χ3n) is 3.80. The van der Waals surface area contributed by atoms with Gasteiger partial charge in [-0.15, -0.1) is 0 Å². The van der Waals surface area contributed by atoms with E-state index in [9.17, 15) is 13.2 Å². The first-order chi connectivity index (χ1) is 10.7. The third kappa shape index (κ3) is 5.07. The summed E-state index contributed by atoms with van der Waals surface area (Å²) in [6, 6.07) is 1.45. The van der Waals surface area contributed by atoms with Crippen LogP contribution in [0.15, 0.2) is 17.2 Å². The minimum absolute atomic E-state index is 0.163. The second kappa shape index (κ2) is 8.49. The lowest BCUT2D eigenvalue weighted by molar-refractivity contribution is 0.0944. The van der Waals surface area contributed by atoms with Crippen molar-refractivity contribution < 1.29 is 13.2 Å². The molecule has 0 aliphatic heterocycles. The van der Waals surface area contributed by atoms with Crippen molar-refractivity contribution in [2.45, 2.75) is 45.4 Å². The largest absolute Gasteiger partial charge is 0.351 e. The fourth-order valence-electron chi connectivity index (χ4n) is 2.42. The third-order valence-corrected chi connectivity index (χ3v) is 5.81. The number of nitrogens with zero attached hydrogens (tertiary/aromatic N) is 2. The first-order valence-corrected chi connectivity index (χ1v) is 9.62. The molecule has 0 saturated carbocycles. The number of rotatable bonds is 9. The molecular weight excluding hydrogens is 314 g/mol. The highest BCUT2D eigenvalue weighted by atomic mass is 32.2. The van der Waals surface area contributed by atoms with Crippen LogP contribution < -0.4 is 5.32 Å². The normalized spacial score (nSPS) is 12.1. The molecule has 1 heterocycles. The maximum absolute atomic E-state index is 12.5. The molecule has 0 fully saturated rings. The predicted molar refractivity (Wildman–Crippen MR) is 91.9 cm³/mol. The SMILES string of the molecule is CCN(CC)S(=O)(=O)c1cc(C(=O)NCCCC(C)C)n(C)c1. The zero-order valence-corrected chi connectivity index (χ0v) is 15.6. The van der Waals surface area contributed by atoms with Crippen molar-refractivity contribution in [3.05, 3.63) is 18.0 Å². The molecule has 0 aliphatic rings. The molecule has 1 rings (SSSR count). The quantitative estimate of drug-likeness (QED) is 0.699. The Kier molecular flexibility index (Phi) is 7.28. The molecule has 0 aliphatic carbocycles. The van der Waals surface area contributed by atoms with Crippen molar-refractivity contribution in [3.8, 4) is 0 Å². The van der Waals surface area contributed by atoms with Crippen LogP contribution in [0, 0.1) is 5.92 Å². The Labute approximate surface area is 139 Å². The lowest BCUT2D eigenvalue weighted by atomic mass is 10.1. The van der Waals surface area contributed by atoms with Crippen molar-refractivity contribution in [2.24, 2.45) is 13.0 Å². The van der Waals surface area contributed by atoms with Gasteiger partial charge in [0.15, 0.2) is 0 Å². The van der Waals surface area contributed by atoms with Crippen LogP contribution in [0.25, 0.3) is 0 Å². The highest BCUT2D eigenvalue weighted by molar-refractivity contribution is 7.89. The second-order valence-corrected chi connectivity index (χ2v) is 7.99. The van der Waals surface area contributed by atoms with E-state index in [4.69, 9.17) is 0 Å². The summed E-state index contributed by atoms with van der Waals surface area (Å²) in [5, 5.41) is 2.85. The number of carbonyl (C=O) groups excluding carboxylic acids is 1. The number of amides is 1. The van der Waals surface area contributed by atoms with Gasteiger partial charge in [-0.25, -0.2) is 8.42 Å². The molecule has 0 bridgehead atoms. The Morgan fingerprint density at radius 3 is 2.43 bits per heavy atom. The molecule has 0 atom stereocenters. The van der Waals surface area contributed by atoms with Gasteiger partial charge in [0.05, 0.1) is 0 Å². The number of hydrogen-bond acceptors (Lipinski definition) is 3. The van der Waals surface area contributed by atoms with Gasteiger partial charge in [-0.2, -0.15) is 4.31 Å². The zero-order valence-electron chi connectivity index (χ0n) is 14.8. The molecule has 0 radical (unpaired) electrons. The number of sulfonamides is 1. The molecule has 23 heavy (non-hydrogen) atoms. The van der Waals surface area contributed by atoms with Gasteiger partial charge in [-0.05, 0) is 24.8 Å². The van der Waals surface area contributed by atoms with Crippen LogP contribution in [0.5, 0.6) is 0 Å². The highest BCUT2D eigenvalue weighted by Gasteiger charge is 2.25. The lowest BCUT2D eigenvalue weighted by Crippen LogP contribution is -2.30. The minimum Gasteiger partial charge on any atom is -0.351 e. The van der Waals surface area contributed by atoms with E-state index in [0.717, 1.165) is 12.8 Å². The topological polar surface area (TPSA) is 71.4 Å². The van der Waals surface area contributed by atoms with Crippen molar-refractivity contribution in [3.63, 3.8) is 0 Å². The van der Waals surface area contributed by atoms with Crippen LogP contribution in [-0.4, -0.2) is 42.8 Å². The molecule has 1 amide bonds. The first kappa shape index (κ1) is 19.7. The molecule has 1 N–H and O–H groups in total. The van der Waals surface area contributed by atoms with Crippen LogP contribution in [0.1, 0.15) is 51.0 Å². The van der Waals surface area contributed by atoms with Crippen LogP contribution >= 0.6 is 0 Å². The molecule has 0 saturated heterocycles. The van der Waals surface area contributed by atoms with Gasteiger partial charge in [0.1, 0.15) is 10.6 Å². The van der Waals surface area contributed by atoms with E-state index in [1.54, 1.807) is 25.5 Å². The van der Waals surface area contributed by atoms with Gasteiger partial charge < -0.3 is 9.88 Å². The Morgan fingerprint density at radius 1 is 1.30 bits per heavy atom. The Hall–Kier alpha value is -1.34. The summed E-state index contributed by atoms with van der Waals surface area (Å²) in [5.41, 5.74) is 0.361. The summed E-state index contributed by atoms with van der Waals surface area (Å²) in [6.45, 7) is 9.29. The molecule has 0 aromatic carbocycles. The lowest BCUT2D eigenvalue weighted by Gasteiger charge is -2.17. The van der Waals surface area contributed by atoms with Gasteiger partial charge in [-0.1, -0.05) is 27.7 Å². The minimum atomic E-state index is -3.54. The summed E-state index contributed by atoms with van der Waals surface area (Å²) >= 11 is 0. The fourth-order valence-corrected chi connectivity index (χ4v) is 3.95. The van der Waals surface area contributed by atoms with Crippen molar-refractivity contribution in [1.82, 2.24) is 14.2 Å². The molecule has 1 aromatic rings. The Morgan fingerprint density at radius 2 is 1.91 bits per heavy atom. The predicted octanol–water partition coefficient (Wildman–Crippen LogP) is 2.22. The average Bonchev–Trinajstić information content (AvgIpc) is 2.87. The average molecular weight is 343 g/mol. The van der Waals surface area contributed by atoms with E-state index in [-0.39, 0.29) is 10.8 Å². The molecule has 0 spiro atoms. The van der Waals surface area contributed by atoms with Crippen molar-refractivity contribution in [1.29, 1.82) is 0 Å². The molecule has 0 unspecified atom stereocenters. The number of aromatic nitrogens is 1. The molecule has 7 heteroatoms. The van der Waals surface area contributed by atoms with E-state index < -0.39 is 10.0 Å². The number of aryl methyl sites for hydroxylation is 1. The van der Waals surface area contributed by atoms with Gasteiger partial charge in [0.25, 0.3) is 5.91 Å². The van der Waals surface area contributed by atoms with E-state index in [0.29, 0.717) is 31.2 Å². The van der Waals surface area contributed by atoms with Crippen molar-refractivity contribution >= 4 is 15.9 Å². The van der Waals surface area contributed by atoms with E-state index in [1.807, 2.05) is 0 Å². The summed E-state index contributed by atoms with van der Waals surface area (Å²) in [6.07, 6.45) is 3.46. The number of carbonyl (C=O) groups is 1. The first-order valence-electron chi connectivity index (χ1n) is 8.18. The number of hydrogen-bond donors (Lipinski definition) is 1.